The summed E-state index contributed by atoms with van der Waals surface area (Å²) in [5, 5.41) is 10.3. The van der Waals surface area contributed by atoms with Gasteiger partial charge in [0.15, 0.2) is 0 Å². The van der Waals surface area contributed by atoms with Gasteiger partial charge in [0.05, 0.1) is 6.07 Å². The lowest BCUT2D eigenvalue weighted by Gasteiger charge is -2.09. The maximum Gasteiger partial charge on any atom is 0.433 e. The number of nitrogens with two attached hydrogens (primary N) is 1. The van der Waals surface area contributed by atoms with Gasteiger partial charge in [0.1, 0.15) is 16.1 Å². The molecule has 1 aliphatic rings. The average Bonchev–Trinajstić information content (AvgIpc) is 2.59. The number of rotatable bonds is 3. The van der Waals surface area contributed by atoms with Crippen molar-refractivity contribution in [1.29, 1.82) is 0 Å². The first-order chi connectivity index (χ1) is 6.93. The summed E-state index contributed by atoms with van der Waals surface area (Å²) >= 11 is 0. The molecule has 5 nitrogen and oxygen atoms in total. The highest BCUT2D eigenvalue weighted by atomic mass is 19.3. The molecule has 0 saturated heterocycles. The summed E-state index contributed by atoms with van der Waals surface area (Å²) < 4.78 is 30.8. The molecule has 0 bridgehead atoms. The van der Waals surface area contributed by atoms with E-state index in [4.69, 9.17) is 10.2 Å². The fourth-order valence-corrected chi connectivity index (χ4v) is 1.61. The van der Waals surface area contributed by atoms with Crippen LogP contribution in [0.15, 0.2) is 16.5 Å². The highest BCUT2D eigenvalue weighted by Crippen LogP contribution is 2.61. The van der Waals surface area contributed by atoms with Crippen molar-refractivity contribution in [2.75, 3.05) is 6.54 Å². The van der Waals surface area contributed by atoms with Gasteiger partial charge in [0, 0.05) is 13.0 Å². The van der Waals surface area contributed by atoms with Gasteiger partial charge in [-0.1, -0.05) is 0 Å². The van der Waals surface area contributed by atoms with E-state index in [1.165, 1.54) is 6.07 Å². The standard InChI is InChI=1S/C8H8F2N2O3/c9-8(10)3-7(8,4-11)5-1-2-6(15-5)12(13)14/h1-2H,3-4,11H2. The van der Waals surface area contributed by atoms with Gasteiger partial charge >= 0.3 is 5.88 Å². The Morgan fingerprint density at radius 1 is 1.60 bits per heavy atom. The number of nitro groups is 1. The predicted octanol–water partition coefficient (Wildman–Crippen LogP) is 1.42. The summed E-state index contributed by atoms with van der Waals surface area (Å²) in [4.78, 5) is 9.53. The van der Waals surface area contributed by atoms with Crippen LogP contribution >= 0.6 is 0 Å². The minimum absolute atomic E-state index is 0.110. The van der Waals surface area contributed by atoms with Crippen molar-refractivity contribution in [3.05, 3.63) is 28.0 Å². The average molecular weight is 218 g/mol. The first kappa shape index (κ1) is 10.0. The number of alkyl halides is 2. The van der Waals surface area contributed by atoms with Gasteiger partial charge in [0.25, 0.3) is 5.92 Å². The zero-order chi connectivity index (χ0) is 11.3. The Hall–Kier alpha value is -1.50. The molecule has 82 valence electrons. The molecule has 0 amide bonds. The summed E-state index contributed by atoms with van der Waals surface area (Å²) in [6, 6.07) is 2.24. The van der Waals surface area contributed by atoms with Crippen LogP contribution in [0.2, 0.25) is 0 Å². The molecule has 0 radical (unpaired) electrons. The van der Waals surface area contributed by atoms with Gasteiger partial charge in [-0.2, -0.15) is 0 Å². The molecule has 1 atom stereocenters. The van der Waals surface area contributed by atoms with Gasteiger partial charge in [-0.3, -0.25) is 10.1 Å². The van der Waals surface area contributed by atoms with E-state index in [1.54, 1.807) is 0 Å². The minimum atomic E-state index is -2.92. The van der Waals surface area contributed by atoms with E-state index in [2.05, 4.69) is 0 Å². The number of halogens is 2. The number of nitrogens with zero attached hydrogens (tertiary/aromatic N) is 1. The van der Waals surface area contributed by atoms with Gasteiger partial charge in [-0.05, 0) is 6.07 Å². The molecule has 15 heavy (non-hydrogen) atoms. The van der Waals surface area contributed by atoms with Crippen LogP contribution in [0.5, 0.6) is 0 Å². The topological polar surface area (TPSA) is 82.3 Å². The maximum atomic E-state index is 13.0. The van der Waals surface area contributed by atoms with Crippen LogP contribution < -0.4 is 5.73 Å². The van der Waals surface area contributed by atoms with E-state index in [9.17, 15) is 18.9 Å². The second-order valence-corrected chi connectivity index (χ2v) is 3.56. The molecule has 1 aromatic heterocycles. The van der Waals surface area contributed by atoms with E-state index < -0.39 is 28.6 Å². The Balaban J connectivity index is 2.34. The first-order valence-corrected chi connectivity index (χ1v) is 4.25. The molecule has 2 N–H and O–H groups in total. The molecule has 7 heteroatoms. The third-order valence-electron chi connectivity index (χ3n) is 2.69. The van der Waals surface area contributed by atoms with Crippen molar-refractivity contribution in [2.24, 2.45) is 5.73 Å². The molecule has 1 heterocycles. The molecule has 1 unspecified atom stereocenters. The predicted molar refractivity (Wildman–Crippen MR) is 45.7 cm³/mol. The molecule has 0 aliphatic heterocycles. The first-order valence-electron chi connectivity index (χ1n) is 4.25. The Labute approximate surface area is 83.0 Å². The minimum Gasteiger partial charge on any atom is -0.405 e. The van der Waals surface area contributed by atoms with Crippen molar-refractivity contribution >= 4 is 5.88 Å². The second-order valence-electron chi connectivity index (χ2n) is 3.56. The van der Waals surface area contributed by atoms with Crippen LogP contribution in [0, 0.1) is 10.1 Å². The molecule has 1 aromatic rings. The van der Waals surface area contributed by atoms with Crippen molar-refractivity contribution in [3.8, 4) is 0 Å². The number of hydrogen-bond acceptors (Lipinski definition) is 4. The molecule has 0 aromatic carbocycles. The van der Waals surface area contributed by atoms with Crippen LogP contribution in [-0.4, -0.2) is 17.4 Å². The third-order valence-corrected chi connectivity index (χ3v) is 2.69. The molecule has 2 rings (SSSR count). The molecule has 1 fully saturated rings. The van der Waals surface area contributed by atoms with Gasteiger partial charge in [-0.25, -0.2) is 8.78 Å². The van der Waals surface area contributed by atoms with Crippen LogP contribution in [0.25, 0.3) is 0 Å². The summed E-state index contributed by atoms with van der Waals surface area (Å²) in [7, 11) is 0. The van der Waals surface area contributed by atoms with Crippen LogP contribution in [0.1, 0.15) is 12.2 Å². The molecular formula is C8H8F2N2O3. The largest absolute Gasteiger partial charge is 0.433 e. The Morgan fingerprint density at radius 3 is 2.53 bits per heavy atom. The normalized spacial score (nSPS) is 27.7. The zero-order valence-corrected chi connectivity index (χ0v) is 7.57. The molecular weight excluding hydrogens is 210 g/mol. The van der Waals surface area contributed by atoms with Crippen LogP contribution in [0.3, 0.4) is 0 Å². The van der Waals surface area contributed by atoms with Gasteiger partial charge in [0.2, 0.25) is 0 Å². The highest BCUT2D eigenvalue weighted by Gasteiger charge is 2.73. The Kier molecular flexibility index (Phi) is 1.84. The van der Waals surface area contributed by atoms with E-state index in [0.29, 0.717) is 0 Å². The van der Waals surface area contributed by atoms with E-state index in [0.717, 1.165) is 6.07 Å². The number of furan rings is 1. The number of hydrogen-bond donors (Lipinski definition) is 1. The summed E-state index contributed by atoms with van der Waals surface area (Å²) in [6.45, 7) is -0.287. The van der Waals surface area contributed by atoms with Crippen molar-refractivity contribution < 1.29 is 18.1 Å². The summed E-state index contributed by atoms with van der Waals surface area (Å²) in [6.07, 6.45) is -0.416. The monoisotopic (exact) mass is 218 g/mol. The lowest BCUT2D eigenvalue weighted by molar-refractivity contribution is -0.402. The SMILES string of the molecule is NCC1(c2ccc([N+](=O)[O-])o2)CC1(F)F. The summed E-state index contributed by atoms with van der Waals surface area (Å²) in [5.74, 6) is -3.57. The van der Waals surface area contributed by atoms with Crippen molar-refractivity contribution in [3.63, 3.8) is 0 Å². The van der Waals surface area contributed by atoms with Gasteiger partial charge < -0.3 is 10.2 Å². The van der Waals surface area contributed by atoms with Gasteiger partial charge in [-0.15, -0.1) is 0 Å². The zero-order valence-electron chi connectivity index (χ0n) is 7.57. The Bertz CT molecular complexity index is 418. The summed E-state index contributed by atoms with van der Waals surface area (Å²) in [5.41, 5.74) is 3.71. The van der Waals surface area contributed by atoms with Crippen LogP contribution in [-0.2, 0) is 5.41 Å². The maximum absolute atomic E-state index is 13.0. The fourth-order valence-electron chi connectivity index (χ4n) is 1.61. The van der Waals surface area contributed by atoms with E-state index in [1.807, 2.05) is 0 Å². The quantitative estimate of drug-likeness (QED) is 0.614. The van der Waals surface area contributed by atoms with Crippen molar-refractivity contribution in [2.45, 2.75) is 17.8 Å². The molecule has 0 spiro atoms. The third kappa shape index (κ3) is 1.23. The van der Waals surface area contributed by atoms with E-state index >= 15 is 0 Å². The van der Waals surface area contributed by atoms with Crippen molar-refractivity contribution in [1.82, 2.24) is 0 Å². The lowest BCUT2D eigenvalue weighted by Crippen LogP contribution is -2.26. The fraction of sp³-hybridized carbons (Fsp3) is 0.500. The van der Waals surface area contributed by atoms with E-state index in [-0.39, 0.29) is 12.3 Å². The van der Waals surface area contributed by atoms with Crippen LogP contribution in [0.4, 0.5) is 14.7 Å². The lowest BCUT2D eigenvalue weighted by atomic mass is 10.0. The second kappa shape index (κ2) is 2.75. The smallest absolute Gasteiger partial charge is 0.405 e. The Morgan fingerprint density at radius 2 is 2.20 bits per heavy atom. The highest BCUT2D eigenvalue weighted by molar-refractivity contribution is 5.35. The molecule has 1 saturated carbocycles. The molecule has 1 aliphatic carbocycles.